The van der Waals surface area contributed by atoms with Gasteiger partial charge in [-0.15, -0.1) is 0 Å². The van der Waals surface area contributed by atoms with Crippen molar-refractivity contribution in [2.45, 2.75) is 13.3 Å². The molecular formula is C26H24N2O3. The van der Waals surface area contributed by atoms with Gasteiger partial charge in [-0.1, -0.05) is 72.5 Å². The maximum absolute atomic E-state index is 12.1. The van der Waals surface area contributed by atoms with E-state index < -0.39 is 0 Å². The van der Waals surface area contributed by atoms with Crippen LogP contribution >= 0.6 is 0 Å². The molecule has 3 aromatic carbocycles. The summed E-state index contributed by atoms with van der Waals surface area (Å²) in [5.74, 6) is 6.14. The summed E-state index contributed by atoms with van der Waals surface area (Å²) >= 11 is 0. The van der Waals surface area contributed by atoms with Gasteiger partial charge in [-0.2, -0.15) is 0 Å². The van der Waals surface area contributed by atoms with Crippen LogP contribution in [0.5, 0.6) is 5.75 Å². The van der Waals surface area contributed by atoms with Gasteiger partial charge in [0.1, 0.15) is 12.4 Å². The number of hydrogen-bond acceptors (Lipinski definition) is 3. The van der Waals surface area contributed by atoms with Gasteiger partial charge in [0, 0.05) is 18.7 Å². The van der Waals surface area contributed by atoms with Gasteiger partial charge in [0.25, 0.3) is 0 Å². The van der Waals surface area contributed by atoms with Gasteiger partial charge in [0.05, 0.1) is 13.0 Å². The summed E-state index contributed by atoms with van der Waals surface area (Å²) in [6, 6.07) is 25.2. The number of carbonyl (C=O) groups is 2. The smallest absolute Gasteiger partial charge is 0.225 e. The van der Waals surface area contributed by atoms with E-state index in [1.807, 2.05) is 42.5 Å². The first-order chi connectivity index (χ1) is 15.1. The lowest BCUT2D eigenvalue weighted by Gasteiger charge is -2.06. The van der Waals surface area contributed by atoms with Gasteiger partial charge in [-0.3, -0.25) is 9.59 Å². The van der Waals surface area contributed by atoms with Gasteiger partial charge >= 0.3 is 0 Å². The number of hydrogen-bond donors (Lipinski definition) is 2. The summed E-state index contributed by atoms with van der Waals surface area (Å²) in [4.78, 5) is 23.2. The van der Waals surface area contributed by atoms with Crippen molar-refractivity contribution in [3.63, 3.8) is 0 Å². The molecule has 0 aliphatic heterocycles. The fourth-order valence-corrected chi connectivity index (χ4v) is 2.94. The first-order valence-electron chi connectivity index (χ1n) is 9.97. The molecule has 0 heterocycles. The van der Waals surface area contributed by atoms with Crippen LogP contribution in [0.3, 0.4) is 0 Å². The molecule has 156 valence electrons. The van der Waals surface area contributed by atoms with Crippen LogP contribution < -0.4 is 15.4 Å². The quantitative estimate of drug-likeness (QED) is 0.575. The highest BCUT2D eigenvalue weighted by atomic mass is 16.5. The van der Waals surface area contributed by atoms with Crippen molar-refractivity contribution in [1.82, 2.24) is 5.32 Å². The van der Waals surface area contributed by atoms with E-state index in [-0.39, 0.29) is 25.0 Å². The summed E-state index contributed by atoms with van der Waals surface area (Å²) in [5, 5.41) is 5.49. The topological polar surface area (TPSA) is 67.4 Å². The van der Waals surface area contributed by atoms with Crippen molar-refractivity contribution in [1.29, 1.82) is 0 Å². The lowest BCUT2D eigenvalue weighted by molar-refractivity contribution is -0.120. The van der Waals surface area contributed by atoms with Crippen LogP contribution in [-0.2, 0) is 16.0 Å². The molecule has 5 nitrogen and oxygen atoms in total. The predicted octanol–water partition coefficient (Wildman–Crippen LogP) is 4.05. The highest BCUT2D eigenvalue weighted by Gasteiger charge is 2.03. The minimum Gasteiger partial charge on any atom is -0.481 e. The fraction of sp³-hybridized carbons (Fsp3) is 0.154. The fourth-order valence-electron chi connectivity index (χ4n) is 2.94. The molecule has 0 unspecified atom stereocenters. The summed E-state index contributed by atoms with van der Waals surface area (Å²) < 4.78 is 5.54. The lowest BCUT2D eigenvalue weighted by atomic mass is 10.0. The molecule has 3 aromatic rings. The van der Waals surface area contributed by atoms with Crippen molar-refractivity contribution in [2.75, 3.05) is 18.5 Å². The number of benzene rings is 3. The maximum atomic E-state index is 12.1. The second-order valence-electron chi connectivity index (χ2n) is 6.87. The molecule has 0 aliphatic rings. The molecule has 0 atom stereocenters. The standard InChI is InChI=1S/C26H24N2O3/c1-20(29)28-24-10-7-11-25(19-24)31-17-6-5-16-27-26(30)18-21-12-14-23(15-13-21)22-8-3-2-4-9-22/h2-4,7-15,19H,16-18H2,1H3,(H,27,30)(H,28,29). The Morgan fingerprint density at radius 2 is 1.61 bits per heavy atom. The average molecular weight is 412 g/mol. The monoisotopic (exact) mass is 412 g/mol. The molecule has 2 N–H and O–H groups in total. The van der Waals surface area contributed by atoms with Crippen molar-refractivity contribution < 1.29 is 14.3 Å². The lowest BCUT2D eigenvalue weighted by Crippen LogP contribution is -2.25. The molecule has 3 rings (SSSR count). The van der Waals surface area contributed by atoms with E-state index in [1.165, 1.54) is 6.92 Å². The Morgan fingerprint density at radius 3 is 2.35 bits per heavy atom. The van der Waals surface area contributed by atoms with Crippen molar-refractivity contribution in [3.05, 3.63) is 84.4 Å². The van der Waals surface area contributed by atoms with E-state index in [0.717, 1.165) is 16.7 Å². The van der Waals surface area contributed by atoms with Gasteiger partial charge in [0.2, 0.25) is 11.8 Å². The summed E-state index contributed by atoms with van der Waals surface area (Å²) in [6.07, 6.45) is 0.309. The number of rotatable bonds is 7. The van der Waals surface area contributed by atoms with Crippen molar-refractivity contribution in [3.8, 4) is 28.7 Å². The van der Waals surface area contributed by atoms with Crippen LogP contribution in [0.2, 0.25) is 0 Å². The molecular weight excluding hydrogens is 388 g/mol. The second kappa shape index (κ2) is 11.2. The summed E-state index contributed by atoms with van der Waals surface area (Å²) in [6.45, 7) is 1.91. The second-order valence-corrected chi connectivity index (χ2v) is 6.87. The van der Waals surface area contributed by atoms with Crippen LogP contribution in [-0.4, -0.2) is 25.0 Å². The van der Waals surface area contributed by atoms with E-state index >= 15 is 0 Å². The van der Waals surface area contributed by atoms with Crippen molar-refractivity contribution in [2.24, 2.45) is 0 Å². The van der Waals surface area contributed by atoms with Gasteiger partial charge < -0.3 is 15.4 Å². The van der Waals surface area contributed by atoms with Gasteiger partial charge in [0.15, 0.2) is 0 Å². The zero-order valence-corrected chi connectivity index (χ0v) is 17.4. The Balaban J connectivity index is 1.39. The van der Waals surface area contributed by atoms with E-state index in [0.29, 0.717) is 17.9 Å². The molecule has 31 heavy (non-hydrogen) atoms. The molecule has 0 saturated carbocycles. The minimum absolute atomic E-state index is 0.0781. The maximum Gasteiger partial charge on any atom is 0.225 e. The molecule has 0 bridgehead atoms. The van der Waals surface area contributed by atoms with Crippen molar-refractivity contribution >= 4 is 17.5 Å². The molecule has 0 aliphatic carbocycles. The van der Waals surface area contributed by atoms with Crippen LogP contribution in [0.25, 0.3) is 11.1 Å². The summed E-state index contributed by atoms with van der Waals surface area (Å²) in [7, 11) is 0. The third kappa shape index (κ3) is 7.37. The zero-order valence-electron chi connectivity index (χ0n) is 17.4. The number of nitrogens with one attached hydrogen (secondary N) is 2. The molecule has 0 fully saturated rings. The third-order valence-corrected chi connectivity index (χ3v) is 4.39. The Morgan fingerprint density at radius 1 is 0.871 bits per heavy atom. The number of amides is 2. The molecule has 5 heteroatoms. The average Bonchev–Trinajstić information content (AvgIpc) is 2.77. The number of ether oxygens (including phenoxy) is 1. The van der Waals surface area contributed by atoms with Crippen LogP contribution in [0, 0.1) is 11.8 Å². The van der Waals surface area contributed by atoms with E-state index in [4.69, 9.17) is 4.74 Å². The van der Waals surface area contributed by atoms with Gasteiger partial charge in [-0.05, 0) is 28.8 Å². The molecule has 0 aromatic heterocycles. The summed E-state index contributed by atoms with van der Waals surface area (Å²) in [5.41, 5.74) is 3.89. The third-order valence-electron chi connectivity index (χ3n) is 4.39. The number of anilines is 1. The normalized spacial score (nSPS) is 9.84. The predicted molar refractivity (Wildman–Crippen MR) is 123 cm³/mol. The molecule has 2 amide bonds. The highest BCUT2D eigenvalue weighted by Crippen LogP contribution is 2.19. The van der Waals surface area contributed by atoms with Crippen LogP contribution in [0.4, 0.5) is 5.69 Å². The Labute approximate surface area is 182 Å². The van der Waals surface area contributed by atoms with E-state index in [2.05, 4.69) is 34.6 Å². The minimum atomic E-state index is -0.139. The molecule has 0 radical (unpaired) electrons. The Hall–Kier alpha value is -4.04. The molecule has 0 saturated heterocycles. The van der Waals surface area contributed by atoms with E-state index in [9.17, 15) is 9.59 Å². The largest absolute Gasteiger partial charge is 0.481 e. The van der Waals surface area contributed by atoms with Crippen LogP contribution in [0.15, 0.2) is 78.9 Å². The van der Waals surface area contributed by atoms with Crippen LogP contribution in [0.1, 0.15) is 12.5 Å². The Bertz CT molecular complexity index is 1080. The van der Waals surface area contributed by atoms with Gasteiger partial charge in [-0.25, -0.2) is 0 Å². The Kier molecular flexibility index (Phi) is 7.84. The number of carbonyl (C=O) groups excluding carboxylic acids is 2. The zero-order chi connectivity index (χ0) is 21.9. The first-order valence-corrected chi connectivity index (χ1v) is 9.97. The molecule has 0 spiro atoms. The highest BCUT2D eigenvalue weighted by molar-refractivity contribution is 5.88. The van der Waals surface area contributed by atoms with E-state index in [1.54, 1.807) is 24.3 Å². The first kappa shape index (κ1) is 21.7. The SMILES string of the molecule is CC(=O)Nc1cccc(OCC#CCNC(=O)Cc2ccc(-c3ccccc3)cc2)c1.